The Morgan fingerprint density at radius 1 is 1.35 bits per heavy atom. The van der Waals surface area contributed by atoms with Crippen LogP contribution in [0.15, 0.2) is 0 Å². The summed E-state index contributed by atoms with van der Waals surface area (Å²) < 4.78 is 5.26. The largest absolute Gasteiger partial charge is 0.382 e. The fourth-order valence-corrected chi connectivity index (χ4v) is 2.80. The van der Waals surface area contributed by atoms with Crippen molar-refractivity contribution in [2.75, 3.05) is 26.3 Å². The highest BCUT2D eigenvalue weighted by Gasteiger charge is 2.30. The van der Waals surface area contributed by atoms with E-state index in [2.05, 4.69) is 5.32 Å². The zero-order valence-corrected chi connectivity index (χ0v) is 10.8. The molecule has 4 nitrogen and oxygen atoms in total. The van der Waals surface area contributed by atoms with Gasteiger partial charge in [-0.2, -0.15) is 0 Å². The van der Waals surface area contributed by atoms with E-state index < -0.39 is 0 Å². The summed E-state index contributed by atoms with van der Waals surface area (Å²) in [5.41, 5.74) is 0. The molecule has 0 aromatic heterocycles. The van der Waals surface area contributed by atoms with Crippen molar-refractivity contribution in [2.45, 2.75) is 51.1 Å². The highest BCUT2D eigenvalue weighted by molar-refractivity contribution is 5.76. The molecule has 2 unspecified atom stereocenters. The van der Waals surface area contributed by atoms with Crippen LogP contribution in [0.25, 0.3) is 0 Å². The van der Waals surface area contributed by atoms with Crippen molar-refractivity contribution >= 4 is 5.91 Å². The molecular formula is C13H24N2O2. The van der Waals surface area contributed by atoms with Crippen molar-refractivity contribution in [3.8, 4) is 0 Å². The predicted molar refractivity (Wildman–Crippen MR) is 66.9 cm³/mol. The molecule has 1 amide bonds. The SMILES string of the molecule is CCOCCCC(=O)N1CCC2CCC(C1)N2. The van der Waals surface area contributed by atoms with Crippen molar-refractivity contribution in [1.29, 1.82) is 0 Å². The third-order valence-electron chi connectivity index (χ3n) is 3.76. The number of hydrogen-bond acceptors (Lipinski definition) is 3. The first kappa shape index (κ1) is 12.8. The molecule has 17 heavy (non-hydrogen) atoms. The van der Waals surface area contributed by atoms with Crippen molar-refractivity contribution in [3.63, 3.8) is 0 Å². The van der Waals surface area contributed by atoms with E-state index in [-0.39, 0.29) is 0 Å². The Bertz CT molecular complexity index is 258. The average molecular weight is 240 g/mol. The molecular weight excluding hydrogens is 216 g/mol. The number of carbonyl (C=O) groups is 1. The lowest BCUT2D eigenvalue weighted by Crippen LogP contribution is -2.39. The quantitative estimate of drug-likeness (QED) is 0.733. The first-order chi connectivity index (χ1) is 8.29. The minimum atomic E-state index is 0.305. The van der Waals surface area contributed by atoms with E-state index in [1.54, 1.807) is 0 Å². The molecule has 0 radical (unpaired) electrons. The number of ether oxygens (including phenoxy) is 1. The Hall–Kier alpha value is -0.610. The van der Waals surface area contributed by atoms with Crippen LogP contribution in [0.5, 0.6) is 0 Å². The van der Waals surface area contributed by atoms with Crippen LogP contribution in [0, 0.1) is 0 Å². The van der Waals surface area contributed by atoms with E-state index in [4.69, 9.17) is 4.74 Å². The van der Waals surface area contributed by atoms with Crippen molar-refractivity contribution < 1.29 is 9.53 Å². The molecule has 2 aliphatic rings. The van der Waals surface area contributed by atoms with Gasteiger partial charge in [0.15, 0.2) is 0 Å². The molecule has 2 atom stereocenters. The van der Waals surface area contributed by atoms with Crippen LogP contribution in [-0.4, -0.2) is 49.2 Å². The van der Waals surface area contributed by atoms with E-state index in [1.165, 1.54) is 12.8 Å². The minimum Gasteiger partial charge on any atom is -0.382 e. The number of likely N-dealkylation sites (tertiary alicyclic amines) is 1. The van der Waals surface area contributed by atoms with Gasteiger partial charge in [-0.25, -0.2) is 0 Å². The number of nitrogens with one attached hydrogen (secondary N) is 1. The van der Waals surface area contributed by atoms with Crippen LogP contribution in [0.1, 0.15) is 39.0 Å². The predicted octanol–water partition coefficient (Wildman–Crippen LogP) is 1.16. The molecule has 0 saturated carbocycles. The molecule has 2 heterocycles. The highest BCUT2D eigenvalue weighted by Crippen LogP contribution is 2.20. The summed E-state index contributed by atoms with van der Waals surface area (Å²) in [4.78, 5) is 14.1. The first-order valence-electron chi connectivity index (χ1n) is 6.91. The number of hydrogen-bond donors (Lipinski definition) is 1. The second kappa shape index (κ2) is 6.36. The van der Waals surface area contributed by atoms with E-state index in [0.717, 1.165) is 32.5 Å². The highest BCUT2D eigenvalue weighted by atomic mass is 16.5. The van der Waals surface area contributed by atoms with Crippen molar-refractivity contribution in [3.05, 3.63) is 0 Å². The van der Waals surface area contributed by atoms with Gasteiger partial charge < -0.3 is 15.0 Å². The number of amides is 1. The number of nitrogens with zero attached hydrogens (tertiary/aromatic N) is 1. The van der Waals surface area contributed by atoms with E-state index in [0.29, 0.717) is 31.0 Å². The summed E-state index contributed by atoms with van der Waals surface area (Å²) >= 11 is 0. The van der Waals surface area contributed by atoms with Gasteiger partial charge in [-0.3, -0.25) is 4.79 Å². The second-order valence-electron chi connectivity index (χ2n) is 5.07. The van der Waals surface area contributed by atoms with Gasteiger partial charge in [0.25, 0.3) is 0 Å². The zero-order chi connectivity index (χ0) is 12.1. The Kier molecular flexibility index (Phi) is 4.80. The third kappa shape index (κ3) is 3.68. The van der Waals surface area contributed by atoms with Gasteiger partial charge in [0.1, 0.15) is 0 Å². The van der Waals surface area contributed by atoms with Crippen molar-refractivity contribution in [1.82, 2.24) is 10.2 Å². The Labute approximate surface area is 104 Å². The number of carbonyl (C=O) groups excluding carboxylic acids is 1. The van der Waals surface area contributed by atoms with E-state index >= 15 is 0 Å². The maximum absolute atomic E-state index is 12.0. The molecule has 0 aliphatic carbocycles. The smallest absolute Gasteiger partial charge is 0.222 e. The summed E-state index contributed by atoms with van der Waals surface area (Å²) in [6.45, 7) is 5.27. The molecule has 1 N–H and O–H groups in total. The van der Waals surface area contributed by atoms with Gasteiger partial charge in [0.2, 0.25) is 5.91 Å². The monoisotopic (exact) mass is 240 g/mol. The van der Waals surface area contributed by atoms with E-state index in [9.17, 15) is 4.79 Å². The van der Waals surface area contributed by atoms with Gasteiger partial charge in [-0.05, 0) is 32.6 Å². The zero-order valence-electron chi connectivity index (χ0n) is 10.8. The van der Waals surface area contributed by atoms with Gasteiger partial charge >= 0.3 is 0 Å². The molecule has 0 spiro atoms. The molecule has 98 valence electrons. The van der Waals surface area contributed by atoms with Gasteiger partial charge in [0, 0.05) is 44.8 Å². The van der Waals surface area contributed by atoms with E-state index in [1.807, 2.05) is 11.8 Å². The van der Waals surface area contributed by atoms with Crippen LogP contribution in [0.2, 0.25) is 0 Å². The normalized spacial score (nSPS) is 28.2. The second-order valence-corrected chi connectivity index (χ2v) is 5.07. The molecule has 2 rings (SSSR count). The maximum atomic E-state index is 12.0. The summed E-state index contributed by atoms with van der Waals surface area (Å²) in [7, 11) is 0. The maximum Gasteiger partial charge on any atom is 0.222 e. The van der Waals surface area contributed by atoms with Crippen LogP contribution < -0.4 is 5.32 Å². The Morgan fingerprint density at radius 3 is 3.00 bits per heavy atom. The van der Waals surface area contributed by atoms with Gasteiger partial charge in [-0.1, -0.05) is 0 Å². The van der Waals surface area contributed by atoms with Crippen molar-refractivity contribution in [2.24, 2.45) is 0 Å². The average Bonchev–Trinajstić information content (AvgIpc) is 2.64. The molecule has 2 saturated heterocycles. The fraction of sp³-hybridized carbons (Fsp3) is 0.923. The fourth-order valence-electron chi connectivity index (χ4n) is 2.80. The summed E-state index contributed by atoms with van der Waals surface area (Å²) in [6.07, 6.45) is 5.13. The standard InChI is InChI=1S/C13H24N2O2/c1-2-17-9-3-4-13(16)15-8-7-11-5-6-12(10-15)14-11/h11-12,14H,2-10H2,1H3. The minimum absolute atomic E-state index is 0.305. The van der Waals surface area contributed by atoms with Crippen LogP contribution in [0.3, 0.4) is 0 Å². The third-order valence-corrected chi connectivity index (χ3v) is 3.76. The number of rotatable bonds is 5. The topological polar surface area (TPSA) is 41.6 Å². The molecule has 4 heteroatoms. The summed E-state index contributed by atoms with van der Waals surface area (Å²) in [5.74, 6) is 0.305. The molecule has 2 fully saturated rings. The lowest BCUT2D eigenvalue weighted by atomic mass is 10.1. The van der Waals surface area contributed by atoms with Gasteiger partial charge in [-0.15, -0.1) is 0 Å². The lowest BCUT2D eigenvalue weighted by Gasteiger charge is -2.24. The lowest BCUT2D eigenvalue weighted by molar-refractivity contribution is -0.131. The Morgan fingerprint density at radius 2 is 2.18 bits per heavy atom. The van der Waals surface area contributed by atoms with Gasteiger partial charge in [0.05, 0.1) is 0 Å². The van der Waals surface area contributed by atoms with Crippen LogP contribution in [-0.2, 0) is 9.53 Å². The van der Waals surface area contributed by atoms with Crippen LogP contribution >= 0.6 is 0 Å². The number of fused-ring (bicyclic) bond motifs is 2. The molecule has 0 aromatic carbocycles. The molecule has 0 aromatic rings. The first-order valence-corrected chi connectivity index (χ1v) is 6.91. The molecule has 2 bridgehead atoms. The Balaban J connectivity index is 1.71. The van der Waals surface area contributed by atoms with Crippen LogP contribution in [0.4, 0.5) is 0 Å². The summed E-state index contributed by atoms with van der Waals surface area (Å²) in [5, 5.41) is 3.60. The summed E-state index contributed by atoms with van der Waals surface area (Å²) in [6, 6.07) is 1.19. The molecule has 2 aliphatic heterocycles.